The maximum atomic E-state index is 5.28. The van der Waals surface area contributed by atoms with Crippen molar-refractivity contribution in [3.05, 3.63) is 18.3 Å². The molecule has 0 amide bonds. The van der Waals surface area contributed by atoms with Crippen molar-refractivity contribution in [2.45, 2.75) is 38.6 Å². The van der Waals surface area contributed by atoms with Gasteiger partial charge in [-0.15, -0.1) is 0 Å². The summed E-state index contributed by atoms with van der Waals surface area (Å²) < 4.78 is 5.28. The van der Waals surface area contributed by atoms with Crippen molar-refractivity contribution in [3.8, 4) is 5.75 Å². The highest BCUT2D eigenvalue weighted by molar-refractivity contribution is 5.50. The summed E-state index contributed by atoms with van der Waals surface area (Å²) in [4.78, 5) is 4.33. The smallest absolute Gasteiger partial charge is 0.168 e. The monoisotopic (exact) mass is 220 g/mol. The lowest BCUT2D eigenvalue weighted by atomic mass is 9.87. The minimum Gasteiger partial charge on any atom is -0.493 e. The number of nitrogens with one attached hydrogen (secondary N) is 1. The van der Waals surface area contributed by atoms with Gasteiger partial charge in [0, 0.05) is 12.2 Å². The zero-order valence-corrected chi connectivity index (χ0v) is 10.1. The van der Waals surface area contributed by atoms with Crippen LogP contribution >= 0.6 is 0 Å². The molecule has 0 aliphatic heterocycles. The summed E-state index contributed by atoms with van der Waals surface area (Å²) in [5.74, 6) is 2.59. The molecule has 1 aliphatic rings. The van der Waals surface area contributed by atoms with E-state index in [9.17, 15) is 0 Å². The van der Waals surface area contributed by atoms with Gasteiger partial charge in [0.2, 0.25) is 0 Å². The van der Waals surface area contributed by atoms with Crippen molar-refractivity contribution >= 4 is 5.82 Å². The van der Waals surface area contributed by atoms with E-state index in [1.54, 1.807) is 13.3 Å². The first kappa shape index (κ1) is 11.2. The SMILES string of the molecule is COc1cccnc1NC1CCC(C)CC1. The Morgan fingerprint density at radius 3 is 2.75 bits per heavy atom. The van der Waals surface area contributed by atoms with Gasteiger partial charge in [-0.25, -0.2) is 4.98 Å². The van der Waals surface area contributed by atoms with Gasteiger partial charge in [0.05, 0.1) is 7.11 Å². The molecular formula is C13H20N2O. The van der Waals surface area contributed by atoms with Crippen molar-refractivity contribution in [1.29, 1.82) is 0 Å². The van der Waals surface area contributed by atoms with E-state index in [1.165, 1.54) is 25.7 Å². The third kappa shape index (κ3) is 2.65. The fourth-order valence-electron chi connectivity index (χ4n) is 2.26. The topological polar surface area (TPSA) is 34.1 Å². The first-order valence-electron chi connectivity index (χ1n) is 6.05. The van der Waals surface area contributed by atoms with Gasteiger partial charge in [-0.2, -0.15) is 0 Å². The Labute approximate surface area is 97.2 Å². The minimum absolute atomic E-state index is 0.556. The number of methoxy groups -OCH3 is 1. The highest BCUT2D eigenvalue weighted by Crippen LogP contribution is 2.28. The van der Waals surface area contributed by atoms with Gasteiger partial charge in [-0.1, -0.05) is 6.92 Å². The normalized spacial score (nSPS) is 25.1. The first-order chi connectivity index (χ1) is 7.79. The average Bonchev–Trinajstić information content (AvgIpc) is 2.33. The maximum absolute atomic E-state index is 5.28. The van der Waals surface area contributed by atoms with Crippen LogP contribution < -0.4 is 10.1 Å². The minimum atomic E-state index is 0.556. The Morgan fingerprint density at radius 1 is 1.31 bits per heavy atom. The number of hydrogen-bond donors (Lipinski definition) is 1. The third-order valence-corrected chi connectivity index (χ3v) is 3.35. The number of aromatic nitrogens is 1. The van der Waals surface area contributed by atoms with E-state index in [-0.39, 0.29) is 0 Å². The van der Waals surface area contributed by atoms with Crippen LogP contribution in [0.15, 0.2) is 18.3 Å². The Kier molecular flexibility index (Phi) is 3.65. The molecule has 1 heterocycles. The molecule has 1 fully saturated rings. The lowest BCUT2D eigenvalue weighted by molar-refractivity contribution is 0.358. The Balaban J connectivity index is 1.98. The summed E-state index contributed by atoms with van der Waals surface area (Å²) in [5, 5.41) is 3.48. The van der Waals surface area contributed by atoms with Gasteiger partial charge < -0.3 is 10.1 Å². The molecule has 1 N–H and O–H groups in total. The fraction of sp³-hybridized carbons (Fsp3) is 0.615. The highest BCUT2D eigenvalue weighted by atomic mass is 16.5. The van der Waals surface area contributed by atoms with Crippen LogP contribution in [0.1, 0.15) is 32.6 Å². The third-order valence-electron chi connectivity index (χ3n) is 3.35. The van der Waals surface area contributed by atoms with Crippen molar-refractivity contribution in [1.82, 2.24) is 4.98 Å². The van der Waals surface area contributed by atoms with Crippen LogP contribution in [-0.4, -0.2) is 18.1 Å². The van der Waals surface area contributed by atoms with Crippen LogP contribution in [-0.2, 0) is 0 Å². The average molecular weight is 220 g/mol. The van der Waals surface area contributed by atoms with Crippen molar-refractivity contribution in [2.24, 2.45) is 5.92 Å². The van der Waals surface area contributed by atoms with Crippen molar-refractivity contribution < 1.29 is 4.74 Å². The molecule has 0 saturated heterocycles. The molecule has 0 radical (unpaired) electrons. The van der Waals surface area contributed by atoms with Gasteiger partial charge in [-0.05, 0) is 43.7 Å². The van der Waals surface area contributed by atoms with E-state index in [0.29, 0.717) is 6.04 Å². The molecule has 1 aromatic heterocycles. The van der Waals surface area contributed by atoms with Gasteiger partial charge in [0.15, 0.2) is 11.6 Å². The molecule has 2 rings (SSSR count). The molecular weight excluding hydrogens is 200 g/mol. The zero-order valence-electron chi connectivity index (χ0n) is 10.1. The van der Waals surface area contributed by atoms with E-state index in [0.717, 1.165) is 17.5 Å². The summed E-state index contributed by atoms with van der Waals surface area (Å²) in [6.45, 7) is 2.33. The first-order valence-corrected chi connectivity index (χ1v) is 6.05. The molecule has 16 heavy (non-hydrogen) atoms. The summed E-state index contributed by atoms with van der Waals surface area (Å²) in [7, 11) is 1.69. The second-order valence-corrected chi connectivity index (χ2v) is 4.66. The molecule has 0 unspecified atom stereocenters. The predicted molar refractivity (Wildman–Crippen MR) is 65.8 cm³/mol. The van der Waals surface area contributed by atoms with E-state index in [1.807, 2.05) is 12.1 Å². The van der Waals surface area contributed by atoms with Crippen LogP contribution in [0.4, 0.5) is 5.82 Å². The number of anilines is 1. The Morgan fingerprint density at radius 2 is 2.06 bits per heavy atom. The molecule has 1 saturated carbocycles. The molecule has 3 nitrogen and oxygen atoms in total. The van der Waals surface area contributed by atoms with Crippen molar-refractivity contribution in [2.75, 3.05) is 12.4 Å². The predicted octanol–water partition coefficient (Wildman–Crippen LogP) is 3.08. The lowest BCUT2D eigenvalue weighted by Gasteiger charge is -2.27. The maximum Gasteiger partial charge on any atom is 0.168 e. The summed E-state index contributed by atoms with van der Waals surface area (Å²) in [6, 6.07) is 4.40. The van der Waals surface area contributed by atoms with Crippen LogP contribution in [0.3, 0.4) is 0 Å². The van der Waals surface area contributed by atoms with Crippen LogP contribution in [0.25, 0.3) is 0 Å². The number of ether oxygens (including phenoxy) is 1. The van der Waals surface area contributed by atoms with Gasteiger partial charge in [0.1, 0.15) is 0 Å². The van der Waals surface area contributed by atoms with Gasteiger partial charge in [0.25, 0.3) is 0 Å². The molecule has 0 bridgehead atoms. The second-order valence-electron chi connectivity index (χ2n) is 4.66. The molecule has 1 aromatic rings. The Hall–Kier alpha value is -1.25. The van der Waals surface area contributed by atoms with Crippen LogP contribution in [0, 0.1) is 5.92 Å². The zero-order chi connectivity index (χ0) is 11.4. The summed E-state index contributed by atoms with van der Waals surface area (Å²) >= 11 is 0. The molecule has 88 valence electrons. The Bertz CT molecular complexity index is 332. The number of hydrogen-bond acceptors (Lipinski definition) is 3. The summed E-state index contributed by atoms with van der Waals surface area (Å²) in [5.41, 5.74) is 0. The standard InChI is InChI=1S/C13H20N2O/c1-10-5-7-11(8-6-10)15-13-12(16-2)4-3-9-14-13/h3-4,9-11H,5-8H2,1-2H3,(H,14,15). The summed E-state index contributed by atoms with van der Waals surface area (Å²) in [6.07, 6.45) is 6.90. The van der Waals surface area contributed by atoms with E-state index < -0.39 is 0 Å². The molecule has 0 aromatic carbocycles. The molecule has 0 spiro atoms. The van der Waals surface area contributed by atoms with Gasteiger partial charge in [-0.3, -0.25) is 0 Å². The second kappa shape index (κ2) is 5.19. The fourth-order valence-corrected chi connectivity index (χ4v) is 2.26. The number of rotatable bonds is 3. The quantitative estimate of drug-likeness (QED) is 0.850. The lowest BCUT2D eigenvalue weighted by Crippen LogP contribution is -2.25. The molecule has 0 atom stereocenters. The van der Waals surface area contributed by atoms with Crippen LogP contribution in [0.2, 0.25) is 0 Å². The molecule has 1 aliphatic carbocycles. The largest absolute Gasteiger partial charge is 0.493 e. The van der Waals surface area contributed by atoms with E-state index >= 15 is 0 Å². The van der Waals surface area contributed by atoms with Crippen LogP contribution in [0.5, 0.6) is 5.75 Å². The number of pyridine rings is 1. The van der Waals surface area contributed by atoms with E-state index in [4.69, 9.17) is 4.74 Å². The van der Waals surface area contributed by atoms with Crippen molar-refractivity contribution in [3.63, 3.8) is 0 Å². The van der Waals surface area contributed by atoms with Gasteiger partial charge >= 0.3 is 0 Å². The number of nitrogens with zero attached hydrogens (tertiary/aromatic N) is 1. The molecule has 3 heteroatoms. The highest BCUT2D eigenvalue weighted by Gasteiger charge is 2.19. The van der Waals surface area contributed by atoms with E-state index in [2.05, 4.69) is 17.2 Å².